The van der Waals surface area contributed by atoms with Crippen LogP contribution in [0.2, 0.25) is 5.02 Å². The van der Waals surface area contributed by atoms with Gasteiger partial charge in [0.15, 0.2) is 0 Å². The molecule has 1 heterocycles. The smallest absolute Gasteiger partial charge is 0.142 e. The Morgan fingerprint density at radius 3 is 2.85 bits per heavy atom. The Kier molecular flexibility index (Phi) is 5.52. The number of aryl methyl sites for hydroxylation is 1. The van der Waals surface area contributed by atoms with Crippen molar-refractivity contribution in [2.45, 2.75) is 32.7 Å². The molecular formula is C15H18ClFN2S. The highest BCUT2D eigenvalue weighted by Crippen LogP contribution is 2.23. The van der Waals surface area contributed by atoms with Crippen molar-refractivity contribution in [1.29, 1.82) is 0 Å². The van der Waals surface area contributed by atoms with Crippen molar-refractivity contribution in [2.24, 2.45) is 0 Å². The van der Waals surface area contributed by atoms with Gasteiger partial charge in [0.25, 0.3) is 0 Å². The summed E-state index contributed by atoms with van der Waals surface area (Å²) in [5.41, 5.74) is 1.95. The van der Waals surface area contributed by atoms with Crippen LogP contribution < -0.4 is 5.32 Å². The number of thiazole rings is 1. The third-order valence-corrected chi connectivity index (χ3v) is 4.20. The number of aromatic nitrogens is 1. The summed E-state index contributed by atoms with van der Waals surface area (Å²) in [7, 11) is 0. The van der Waals surface area contributed by atoms with Gasteiger partial charge in [-0.15, -0.1) is 11.3 Å². The van der Waals surface area contributed by atoms with Gasteiger partial charge in [0.2, 0.25) is 0 Å². The standard InChI is InChI=1S/C15H18ClFN2S/c1-3-6-18-15(8-12-9-20-10(2)19-12)11-4-5-13(16)14(17)7-11/h4-5,7,9,15,18H,3,6,8H2,1-2H3. The van der Waals surface area contributed by atoms with Crippen LogP contribution >= 0.6 is 22.9 Å². The molecule has 0 bridgehead atoms. The molecule has 0 amide bonds. The highest BCUT2D eigenvalue weighted by Gasteiger charge is 2.15. The lowest BCUT2D eigenvalue weighted by atomic mass is 10.0. The van der Waals surface area contributed by atoms with Gasteiger partial charge in [0.05, 0.1) is 15.7 Å². The average Bonchev–Trinajstić information content (AvgIpc) is 2.83. The molecule has 1 unspecified atom stereocenters. The maximum atomic E-state index is 13.6. The SMILES string of the molecule is CCCNC(Cc1csc(C)n1)c1ccc(Cl)c(F)c1. The third-order valence-electron chi connectivity index (χ3n) is 3.07. The molecule has 0 spiro atoms. The number of rotatable bonds is 6. The first-order chi connectivity index (χ1) is 9.60. The van der Waals surface area contributed by atoms with E-state index < -0.39 is 0 Å². The van der Waals surface area contributed by atoms with Gasteiger partial charge >= 0.3 is 0 Å². The summed E-state index contributed by atoms with van der Waals surface area (Å²) in [6, 6.07) is 5.05. The van der Waals surface area contributed by atoms with Crippen LogP contribution in [-0.4, -0.2) is 11.5 Å². The minimum Gasteiger partial charge on any atom is -0.310 e. The molecule has 2 nitrogen and oxygen atoms in total. The van der Waals surface area contributed by atoms with E-state index in [1.54, 1.807) is 17.4 Å². The Morgan fingerprint density at radius 2 is 2.25 bits per heavy atom. The zero-order valence-corrected chi connectivity index (χ0v) is 13.2. The summed E-state index contributed by atoms with van der Waals surface area (Å²) < 4.78 is 13.6. The summed E-state index contributed by atoms with van der Waals surface area (Å²) in [4.78, 5) is 4.48. The van der Waals surface area contributed by atoms with E-state index in [1.165, 1.54) is 6.07 Å². The number of nitrogens with one attached hydrogen (secondary N) is 1. The van der Waals surface area contributed by atoms with Gasteiger partial charge in [-0.25, -0.2) is 9.37 Å². The molecule has 0 aliphatic carbocycles. The van der Waals surface area contributed by atoms with E-state index in [9.17, 15) is 4.39 Å². The Labute approximate surface area is 128 Å². The molecule has 20 heavy (non-hydrogen) atoms. The minimum absolute atomic E-state index is 0.0585. The molecular weight excluding hydrogens is 295 g/mol. The van der Waals surface area contributed by atoms with Gasteiger partial charge in [-0.05, 0) is 37.6 Å². The fourth-order valence-electron chi connectivity index (χ4n) is 2.07. The van der Waals surface area contributed by atoms with Gasteiger partial charge in [-0.1, -0.05) is 24.6 Å². The summed E-state index contributed by atoms with van der Waals surface area (Å²) in [5, 5.41) is 6.71. The van der Waals surface area contributed by atoms with Crippen LogP contribution in [0, 0.1) is 12.7 Å². The number of hydrogen-bond acceptors (Lipinski definition) is 3. The molecule has 0 saturated heterocycles. The van der Waals surface area contributed by atoms with E-state index in [-0.39, 0.29) is 16.9 Å². The van der Waals surface area contributed by atoms with E-state index >= 15 is 0 Å². The van der Waals surface area contributed by atoms with Crippen LogP contribution in [0.5, 0.6) is 0 Å². The van der Waals surface area contributed by atoms with Gasteiger partial charge in [-0.3, -0.25) is 0 Å². The fraction of sp³-hybridized carbons (Fsp3) is 0.400. The summed E-state index contributed by atoms with van der Waals surface area (Å²) in [6.45, 7) is 4.99. The van der Waals surface area contributed by atoms with Crippen molar-refractivity contribution >= 4 is 22.9 Å². The van der Waals surface area contributed by atoms with Gasteiger partial charge in [0, 0.05) is 17.8 Å². The molecule has 0 fully saturated rings. The highest BCUT2D eigenvalue weighted by atomic mass is 35.5. The predicted molar refractivity (Wildman–Crippen MR) is 83.0 cm³/mol. The maximum Gasteiger partial charge on any atom is 0.142 e. The van der Waals surface area contributed by atoms with Crippen LogP contribution in [-0.2, 0) is 6.42 Å². The molecule has 1 N–H and O–H groups in total. The largest absolute Gasteiger partial charge is 0.310 e. The van der Waals surface area contributed by atoms with Crippen molar-refractivity contribution in [3.63, 3.8) is 0 Å². The van der Waals surface area contributed by atoms with Crippen molar-refractivity contribution < 1.29 is 4.39 Å². The van der Waals surface area contributed by atoms with E-state index in [0.717, 1.165) is 35.7 Å². The second-order valence-corrected chi connectivity index (χ2v) is 6.21. The van der Waals surface area contributed by atoms with E-state index in [1.807, 2.05) is 13.0 Å². The molecule has 0 saturated carbocycles. The molecule has 108 valence electrons. The lowest BCUT2D eigenvalue weighted by Gasteiger charge is -2.18. The van der Waals surface area contributed by atoms with Crippen molar-refractivity contribution in [3.05, 3.63) is 50.7 Å². The first kappa shape index (κ1) is 15.4. The minimum atomic E-state index is -0.373. The molecule has 2 rings (SSSR count). The highest BCUT2D eigenvalue weighted by molar-refractivity contribution is 7.09. The van der Waals surface area contributed by atoms with E-state index in [2.05, 4.69) is 22.6 Å². The van der Waals surface area contributed by atoms with Crippen LogP contribution in [0.3, 0.4) is 0 Å². The number of benzene rings is 1. The Balaban J connectivity index is 2.19. The van der Waals surface area contributed by atoms with Gasteiger partial charge < -0.3 is 5.32 Å². The van der Waals surface area contributed by atoms with Crippen LogP contribution in [0.4, 0.5) is 4.39 Å². The molecule has 5 heteroatoms. The zero-order valence-electron chi connectivity index (χ0n) is 11.6. The monoisotopic (exact) mass is 312 g/mol. The fourth-order valence-corrected chi connectivity index (χ4v) is 2.81. The van der Waals surface area contributed by atoms with E-state index in [4.69, 9.17) is 11.6 Å². The van der Waals surface area contributed by atoms with Gasteiger partial charge in [-0.2, -0.15) is 0 Å². The van der Waals surface area contributed by atoms with Crippen molar-refractivity contribution in [3.8, 4) is 0 Å². The molecule has 2 aromatic rings. The lowest BCUT2D eigenvalue weighted by Crippen LogP contribution is -2.24. The Hall–Kier alpha value is -0.970. The molecule has 0 aliphatic rings. The normalized spacial score (nSPS) is 12.6. The summed E-state index contributed by atoms with van der Waals surface area (Å²) in [5.74, 6) is -0.373. The Morgan fingerprint density at radius 1 is 1.45 bits per heavy atom. The first-order valence-electron chi connectivity index (χ1n) is 6.69. The lowest BCUT2D eigenvalue weighted by molar-refractivity contribution is 0.520. The van der Waals surface area contributed by atoms with Crippen molar-refractivity contribution in [2.75, 3.05) is 6.54 Å². The number of halogens is 2. The van der Waals surface area contributed by atoms with Crippen LogP contribution in [0.15, 0.2) is 23.6 Å². The van der Waals surface area contributed by atoms with Crippen LogP contribution in [0.25, 0.3) is 0 Å². The molecule has 1 aromatic heterocycles. The molecule has 1 aromatic carbocycles. The zero-order chi connectivity index (χ0) is 14.5. The second kappa shape index (κ2) is 7.16. The van der Waals surface area contributed by atoms with Gasteiger partial charge in [0.1, 0.15) is 5.82 Å². The van der Waals surface area contributed by atoms with Crippen molar-refractivity contribution in [1.82, 2.24) is 10.3 Å². The number of hydrogen-bond donors (Lipinski definition) is 1. The third kappa shape index (κ3) is 4.01. The molecule has 0 radical (unpaired) electrons. The maximum absolute atomic E-state index is 13.6. The summed E-state index contributed by atoms with van der Waals surface area (Å²) in [6.07, 6.45) is 1.79. The molecule has 0 aliphatic heterocycles. The molecule has 1 atom stereocenters. The van der Waals surface area contributed by atoms with E-state index in [0.29, 0.717) is 0 Å². The topological polar surface area (TPSA) is 24.9 Å². The first-order valence-corrected chi connectivity index (χ1v) is 7.95. The second-order valence-electron chi connectivity index (χ2n) is 4.74. The Bertz CT molecular complexity index is 571. The average molecular weight is 313 g/mol. The summed E-state index contributed by atoms with van der Waals surface area (Å²) >= 11 is 7.38. The quantitative estimate of drug-likeness (QED) is 0.848. The number of nitrogens with zero attached hydrogens (tertiary/aromatic N) is 1. The predicted octanol–water partition coefficient (Wildman–Crippen LogP) is 4.53. The van der Waals surface area contributed by atoms with Crippen LogP contribution in [0.1, 0.15) is 35.7 Å².